The van der Waals surface area contributed by atoms with Crippen LogP contribution >= 0.6 is 12.4 Å². The van der Waals surface area contributed by atoms with E-state index in [0.29, 0.717) is 12.3 Å². The molecule has 2 rings (SSSR count). The van der Waals surface area contributed by atoms with Crippen LogP contribution in [0.15, 0.2) is 42.5 Å². The molecule has 2 aromatic rings. The monoisotopic (exact) mass is 292 g/mol. The van der Waals surface area contributed by atoms with Crippen molar-refractivity contribution in [2.24, 2.45) is 11.7 Å². The Balaban J connectivity index is 0.00000200. The van der Waals surface area contributed by atoms with Crippen molar-refractivity contribution in [3.05, 3.63) is 42.5 Å². The van der Waals surface area contributed by atoms with Crippen molar-refractivity contribution in [1.82, 2.24) is 0 Å². The predicted octanol–water partition coefficient (Wildman–Crippen LogP) is 3.57. The Bertz CT molecular complexity index is 583. The first-order valence-corrected chi connectivity index (χ1v) is 6.61. The van der Waals surface area contributed by atoms with Gasteiger partial charge in [0.2, 0.25) is 5.91 Å². The van der Waals surface area contributed by atoms with E-state index in [0.717, 1.165) is 16.5 Å². The number of carbonyl (C=O) groups is 1. The van der Waals surface area contributed by atoms with Crippen molar-refractivity contribution >= 4 is 34.8 Å². The summed E-state index contributed by atoms with van der Waals surface area (Å²) in [5, 5.41) is 5.14. The number of carbonyl (C=O) groups excluding carboxylic acids is 1. The van der Waals surface area contributed by atoms with Gasteiger partial charge in [-0.05, 0) is 35.2 Å². The first-order chi connectivity index (χ1) is 9.06. The van der Waals surface area contributed by atoms with E-state index >= 15 is 0 Å². The summed E-state index contributed by atoms with van der Waals surface area (Å²) in [6.07, 6.45) is 0.694. The Morgan fingerprint density at radius 1 is 1.15 bits per heavy atom. The van der Waals surface area contributed by atoms with Crippen LogP contribution in [0.2, 0.25) is 0 Å². The molecule has 0 saturated heterocycles. The molecule has 0 unspecified atom stereocenters. The SMILES string of the molecule is CC(C)C[C@@H](N)C(=O)Nc1ccc2ccccc2c1.Cl. The topological polar surface area (TPSA) is 55.1 Å². The van der Waals surface area contributed by atoms with Crippen molar-refractivity contribution < 1.29 is 4.79 Å². The molecule has 0 fully saturated rings. The highest BCUT2D eigenvalue weighted by atomic mass is 35.5. The number of fused-ring (bicyclic) bond motifs is 1. The summed E-state index contributed by atoms with van der Waals surface area (Å²) in [6, 6.07) is 13.5. The van der Waals surface area contributed by atoms with E-state index in [2.05, 4.69) is 19.2 Å². The number of hydrogen-bond acceptors (Lipinski definition) is 2. The molecule has 0 spiro atoms. The number of benzene rings is 2. The van der Waals surface area contributed by atoms with Gasteiger partial charge in [0, 0.05) is 5.69 Å². The van der Waals surface area contributed by atoms with E-state index in [1.807, 2.05) is 42.5 Å². The fraction of sp³-hybridized carbons (Fsp3) is 0.312. The van der Waals surface area contributed by atoms with Gasteiger partial charge in [-0.15, -0.1) is 12.4 Å². The Morgan fingerprint density at radius 2 is 1.80 bits per heavy atom. The first-order valence-electron chi connectivity index (χ1n) is 6.61. The van der Waals surface area contributed by atoms with E-state index < -0.39 is 6.04 Å². The lowest BCUT2D eigenvalue weighted by molar-refractivity contribution is -0.117. The molecular formula is C16H21ClN2O. The second kappa shape index (κ2) is 7.27. The van der Waals surface area contributed by atoms with Gasteiger partial charge in [-0.25, -0.2) is 0 Å². The zero-order chi connectivity index (χ0) is 13.8. The molecule has 20 heavy (non-hydrogen) atoms. The van der Waals surface area contributed by atoms with E-state index in [1.165, 1.54) is 0 Å². The van der Waals surface area contributed by atoms with Gasteiger partial charge in [-0.1, -0.05) is 44.2 Å². The third kappa shape index (κ3) is 4.22. The van der Waals surface area contributed by atoms with Crippen LogP contribution in [0, 0.1) is 5.92 Å². The summed E-state index contributed by atoms with van der Waals surface area (Å²) in [6.45, 7) is 4.12. The number of nitrogens with one attached hydrogen (secondary N) is 1. The molecule has 0 aliphatic heterocycles. The van der Waals surface area contributed by atoms with E-state index in [4.69, 9.17) is 5.73 Å². The summed E-state index contributed by atoms with van der Waals surface area (Å²) >= 11 is 0. The van der Waals surface area contributed by atoms with Crippen molar-refractivity contribution in [1.29, 1.82) is 0 Å². The van der Waals surface area contributed by atoms with Crippen LogP contribution in [0.25, 0.3) is 10.8 Å². The summed E-state index contributed by atoms with van der Waals surface area (Å²) < 4.78 is 0. The highest BCUT2D eigenvalue weighted by Gasteiger charge is 2.14. The predicted molar refractivity (Wildman–Crippen MR) is 87.3 cm³/mol. The molecule has 0 aliphatic carbocycles. The van der Waals surface area contributed by atoms with Gasteiger partial charge in [0.1, 0.15) is 0 Å². The van der Waals surface area contributed by atoms with Crippen LogP contribution < -0.4 is 11.1 Å². The number of hydrogen-bond donors (Lipinski definition) is 2. The third-order valence-electron chi connectivity index (χ3n) is 3.08. The molecule has 3 nitrogen and oxygen atoms in total. The maximum atomic E-state index is 11.9. The maximum absolute atomic E-state index is 11.9. The van der Waals surface area contributed by atoms with Crippen molar-refractivity contribution in [3.8, 4) is 0 Å². The van der Waals surface area contributed by atoms with Gasteiger partial charge in [0.05, 0.1) is 6.04 Å². The fourth-order valence-electron chi connectivity index (χ4n) is 2.12. The summed E-state index contributed by atoms with van der Waals surface area (Å²) in [5.74, 6) is 0.293. The molecule has 0 bridgehead atoms. The molecule has 0 heterocycles. The van der Waals surface area contributed by atoms with Crippen LogP contribution in [-0.2, 0) is 4.79 Å². The van der Waals surface area contributed by atoms with E-state index in [-0.39, 0.29) is 18.3 Å². The lowest BCUT2D eigenvalue weighted by Crippen LogP contribution is -2.36. The van der Waals surface area contributed by atoms with E-state index in [1.54, 1.807) is 0 Å². The maximum Gasteiger partial charge on any atom is 0.241 e. The molecule has 0 aromatic heterocycles. The molecule has 2 aromatic carbocycles. The Kier molecular flexibility index (Phi) is 5.99. The second-order valence-electron chi connectivity index (χ2n) is 5.29. The molecule has 0 radical (unpaired) electrons. The molecule has 4 heteroatoms. The Hall–Kier alpha value is -1.58. The standard InChI is InChI=1S/C16H20N2O.ClH/c1-11(2)9-15(17)16(19)18-14-8-7-12-5-3-4-6-13(12)10-14;/h3-8,10-11,15H,9,17H2,1-2H3,(H,18,19);1H/t15-;/m1./s1. The van der Waals surface area contributed by atoms with Gasteiger partial charge in [-0.2, -0.15) is 0 Å². The summed E-state index contributed by atoms with van der Waals surface area (Å²) in [4.78, 5) is 11.9. The Labute approximate surface area is 126 Å². The molecule has 1 amide bonds. The minimum atomic E-state index is -0.452. The Morgan fingerprint density at radius 3 is 2.45 bits per heavy atom. The van der Waals surface area contributed by atoms with Gasteiger partial charge < -0.3 is 11.1 Å². The van der Waals surface area contributed by atoms with Crippen LogP contribution in [0.5, 0.6) is 0 Å². The second-order valence-corrected chi connectivity index (χ2v) is 5.29. The number of nitrogens with two attached hydrogens (primary N) is 1. The minimum Gasteiger partial charge on any atom is -0.325 e. The highest BCUT2D eigenvalue weighted by Crippen LogP contribution is 2.19. The van der Waals surface area contributed by atoms with Gasteiger partial charge in [0.25, 0.3) is 0 Å². The van der Waals surface area contributed by atoms with Crippen LogP contribution in [-0.4, -0.2) is 11.9 Å². The lowest BCUT2D eigenvalue weighted by atomic mass is 10.0. The van der Waals surface area contributed by atoms with Crippen molar-refractivity contribution in [3.63, 3.8) is 0 Å². The average Bonchev–Trinajstić information content (AvgIpc) is 2.37. The highest BCUT2D eigenvalue weighted by molar-refractivity contribution is 5.97. The number of anilines is 1. The van der Waals surface area contributed by atoms with Crippen LogP contribution in [0.1, 0.15) is 20.3 Å². The van der Waals surface area contributed by atoms with Crippen LogP contribution in [0.4, 0.5) is 5.69 Å². The molecular weight excluding hydrogens is 272 g/mol. The summed E-state index contributed by atoms with van der Waals surface area (Å²) in [7, 11) is 0. The zero-order valence-corrected chi connectivity index (χ0v) is 12.6. The first kappa shape index (κ1) is 16.5. The number of rotatable bonds is 4. The molecule has 108 valence electrons. The van der Waals surface area contributed by atoms with Gasteiger partial charge in [-0.3, -0.25) is 4.79 Å². The molecule has 1 atom stereocenters. The zero-order valence-electron chi connectivity index (χ0n) is 11.8. The minimum absolute atomic E-state index is 0. The summed E-state index contributed by atoms with van der Waals surface area (Å²) in [5.41, 5.74) is 6.66. The lowest BCUT2D eigenvalue weighted by Gasteiger charge is -2.14. The molecule has 0 saturated carbocycles. The van der Waals surface area contributed by atoms with Crippen molar-refractivity contribution in [2.75, 3.05) is 5.32 Å². The largest absolute Gasteiger partial charge is 0.325 e. The normalized spacial score (nSPS) is 12.0. The van der Waals surface area contributed by atoms with E-state index in [9.17, 15) is 4.79 Å². The fourth-order valence-corrected chi connectivity index (χ4v) is 2.12. The molecule has 3 N–H and O–H groups in total. The number of halogens is 1. The molecule has 0 aliphatic rings. The van der Waals surface area contributed by atoms with Gasteiger partial charge in [0.15, 0.2) is 0 Å². The third-order valence-corrected chi connectivity index (χ3v) is 3.08. The average molecular weight is 293 g/mol. The smallest absolute Gasteiger partial charge is 0.241 e. The van der Waals surface area contributed by atoms with Crippen LogP contribution in [0.3, 0.4) is 0 Å². The van der Waals surface area contributed by atoms with Gasteiger partial charge >= 0.3 is 0 Å². The quantitative estimate of drug-likeness (QED) is 0.905. The number of amides is 1. The van der Waals surface area contributed by atoms with Crippen molar-refractivity contribution in [2.45, 2.75) is 26.3 Å².